The van der Waals surface area contributed by atoms with Gasteiger partial charge in [-0.15, -0.1) is 10.2 Å². The smallest absolute Gasteiger partial charge is 0.274 e. The van der Waals surface area contributed by atoms with Gasteiger partial charge in [-0.1, -0.05) is 30.7 Å². The number of rotatable bonds is 6. The van der Waals surface area contributed by atoms with E-state index in [0.29, 0.717) is 28.9 Å². The molecule has 0 unspecified atom stereocenters. The van der Waals surface area contributed by atoms with Crippen LogP contribution in [0.25, 0.3) is 11.5 Å². The van der Waals surface area contributed by atoms with Crippen molar-refractivity contribution in [3.63, 3.8) is 0 Å². The second kappa shape index (κ2) is 7.85. The lowest BCUT2D eigenvalue weighted by atomic mass is 10.2. The van der Waals surface area contributed by atoms with Gasteiger partial charge in [0.2, 0.25) is 11.8 Å². The molecule has 0 bridgehead atoms. The van der Waals surface area contributed by atoms with E-state index in [1.165, 1.54) is 18.6 Å². The largest absolute Gasteiger partial charge is 0.419 e. The molecular weight excluding hydrogens is 342 g/mol. The van der Waals surface area contributed by atoms with Gasteiger partial charge in [-0.25, -0.2) is 4.98 Å². The number of amides is 1. The van der Waals surface area contributed by atoms with Crippen LogP contribution in [0.1, 0.15) is 29.7 Å². The van der Waals surface area contributed by atoms with Crippen molar-refractivity contribution in [3.05, 3.63) is 59.5 Å². The van der Waals surface area contributed by atoms with Crippen molar-refractivity contribution in [1.82, 2.24) is 25.1 Å². The SMILES string of the molecule is CCCN(Cc1nnc(-c2ccccc2Cl)o1)C(=O)c1cnccn1. The molecule has 0 fully saturated rings. The number of hydrogen-bond acceptors (Lipinski definition) is 6. The minimum Gasteiger partial charge on any atom is -0.419 e. The average molecular weight is 358 g/mol. The molecule has 0 aliphatic rings. The standard InChI is InChI=1S/C17H16ClN5O2/c1-2-9-23(17(24)14-10-19-7-8-20-14)11-15-21-22-16(25-15)12-5-3-4-6-13(12)18/h3-8,10H,2,9,11H2,1H3. The number of nitrogens with zero attached hydrogens (tertiary/aromatic N) is 5. The van der Waals surface area contributed by atoms with Crippen molar-refractivity contribution in [3.8, 4) is 11.5 Å². The number of halogens is 1. The van der Waals surface area contributed by atoms with Crippen LogP contribution < -0.4 is 0 Å². The first kappa shape index (κ1) is 17.0. The van der Waals surface area contributed by atoms with Gasteiger partial charge in [0.15, 0.2) is 0 Å². The topological polar surface area (TPSA) is 85.0 Å². The first-order valence-corrected chi connectivity index (χ1v) is 8.19. The summed E-state index contributed by atoms with van der Waals surface area (Å²) in [6, 6.07) is 7.22. The normalized spacial score (nSPS) is 10.6. The third-order valence-corrected chi connectivity index (χ3v) is 3.79. The van der Waals surface area contributed by atoms with Crippen molar-refractivity contribution < 1.29 is 9.21 Å². The Morgan fingerprint density at radius 3 is 2.80 bits per heavy atom. The maximum Gasteiger partial charge on any atom is 0.274 e. The zero-order chi connectivity index (χ0) is 17.6. The van der Waals surface area contributed by atoms with Crippen LogP contribution in [0.4, 0.5) is 0 Å². The molecule has 1 amide bonds. The first-order chi connectivity index (χ1) is 12.2. The lowest BCUT2D eigenvalue weighted by molar-refractivity contribution is 0.0722. The number of carbonyl (C=O) groups is 1. The summed E-state index contributed by atoms with van der Waals surface area (Å²) < 4.78 is 5.68. The highest BCUT2D eigenvalue weighted by molar-refractivity contribution is 6.33. The van der Waals surface area contributed by atoms with Crippen LogP contribution in [0, 0.1) is 0 Å². The van der Waals surface area contributed by atoms with Gasteiger partial charge in [0, 0.05) is 18.9 Å². The predicted molar refractivity (Wildman–Crippen MR) is 91.8 cm³/mol. The van der Waals surface area contributed by atoms with E-state index in [4.69, 9.17) is 16.0 Å². The quantitative estimate of drug-likeness (QED) is 0.673. The Kier molecular flexibility index (Phi) is 5.35. The molecule has 2 aromatic heterocycles. The van der Waals surface area contributed by atoms with E-state index in [1.807, 2.05) is 19.1 Å². The highest BCUT2D eigenvalue weighted by Crippen LogP contribution is 2.26. The molecule has 0 saturated heterocycles. The molecule has 8 heteroatoms. The summed E-state index contributed by atoms with van der Waals surface area (Å²) in [7, 11) is 0. The third kappa shape index (κ3) is 4.00. The van der Waals surface area contributed by atoms with Crippen molar-refractivity contribution in [2.45, 2.75) is 19.9 Å². The van der Waals surface area contributed by atoms with Crippen LogP contribution in [0.5, 0.6) is 0 Å². The van der Waals surface area contributed by atoms with E-state index in [9.17, 15) is 4.79 Å². The Hall–Kier alpha value is -2.80. The van der Waals surface area contributed by atoms with Crippen molar-refractivity contribution in [2.24, 2.45) is 0 Å². The first-order valence-electron chi connectivity index (χ1n) is 7.81. The summed E-state index contributed by atoms with van der Waals surface area (Å²) in [5, 5.41) is 8.58. The van der Waals surface area contributed by atoms with Gasteiger partial charge in [-0.2, -0.15) is 0 Å². The molecule has 0 N–H and O–H groups in total. The second-order valence-electron chi connectivity index (χ2n) is 5.30. The van der Waals surface area contributed by atoms with Crippen LogP contribution >= 0.6 is 11.6 Å². The summed E-state index contributed by atoms with van der Waals surface area (Å²) in [5.41, 5.74) is 0.937. The molecule has 3 rings (SSSR count). The van der Waals surface area contributed by atoms with E-state index in [-0.39, 0.29) is 18.1 Å². The molecule has 0 spiro atoms. The summed E-state index contributed by atoms with van der Waals surface area (Å²) in [4.78, 5) is 22.2. The fourth-order valence-electron chi connectivity index (χ4n) is 2.32. The van der Waals surface area contributed by atoms with Crippen molar-refractivity contribution in [1.29, 1.82) is 0 Å². The Morgan fingerprint density at radius 2 is 2.08 bits per heavy atom. The van der Waals surface area contributed by atoms with Crippen LogP contribution in [0.15, 0.2) is 47.3 Å². The summed E-state index contributed by atoms with van der Waals surface area (Å²) in [6.45, 7) is 2.72. The summed E-state index contributed by atoms with van der Waals surface area (Å²) in [5.74, 6) is 0.428. The molecule has 7 nitrogen and oxygen atoms in total. The molecule has 2 heterocycles. The van der Waals surface area contributed by atoms with Crippen molar-refractivity contribution in [2.75, 3.05) is 6.54 Å². The molecule has 128 valence electrons. The molecule has 3 aromatic rings. The Morgan fingerprint density at radius 1 is 1.24 bits per heavy atom. The Bertz CT molecular complexity index is 853. The lowest BCUT2D eigenvalue weighted by Crippen LogP contribution is -2.32. The maximum atomic E-state index is 12.6. The van der Waals surface area contributed by atoms with Crippen LogP contribution in [-0.2, 0) is 6.54 Å². The average Bonchev–Trinajstić information content (AvgIpc) is 3.10. The van der Waals surface area contributed by atoms with Gasteiger partial charge < -0.3 is 9.32 Å². The third-order valence-electron chi connectivity index (χ3n) is 3.46. The molecule has 25 heavy (non-hydrogen) atoms. The highest BCUT2D eigenvalue weighted by Gasteiger charge is 2.20. The van der Waals surface area contributed by atoms with E-state index < -0.39 is 0 Å². The molecule has 1 aromatic carbocycles. The fourth-order valence-corrected chi connectivity index (χ4v) is 2.53. The monoisotopic (exact) mass is 357 g/mol. The van der Waals surface area contributed by atoms with Gasteiger partial charge in [-0.3, -0.25) is 9.78 Å². The number of hydrogen-bond donors (Lipinski definition) is 0. The molecule has 0 aliphatic carbocycles. The van der Waals surface area contributed by atoms with Gasteiger partial charge in [0.05, 0.1) is 23.3 Å². The molecule has 0 radical (unpaired) electrons. The molecule has 0 atom stereocenters. The minimum atomic E-state index is -0.229. The number of aromatic nitrogens is 4. The van der Waals surface area contributed by atoms with E-state index >= 15 is 0 Å². The van der Waals surface area contributed by atoms with E-state index in [0.717, 1.165) is 6.42 Å². The number of carbonyl (C=O) groups excluding carboxylic acids is 1. The Balaban J connectivity index is 1.79. The predicted octanol–water partition coefficient (Wildman–Crippen LogP) is 3.23. The fraction of sp³-hybridized carbons (Fsp3) is 0.235. The van der Waals surface area contributed by atoms with Crippen LogP contribution in [0.3, 0.4) is 0 Å². The summed E-state index contributed by atoms with van der Waals surface area (Å²) >= 11 is 6.15. The Labute approximate surface area is 149 Å². The lowest BCUT2D eigenvalue weighted by Gasteiger charge is -2.19. The zero-order valence-corrected chi connectivity index (χ0v) is 14.3. The molecule has 0 aliphatic heterocycles. The minimum absolute atomic E-state index is 0.195. The van der Waals surface area contributed by atoms with Crippen LogP contribution in [-0.4, -0.2) is 37.5 Å². The van der Waals surface area contributed by atoms with Crippen molar-refractivity contribution >= 4 is 17.5 Å². The number of benzene rings is 1. The molecule has 0 saturated carbocycles. The van der Waals surface area contributed by atoms with Gasteiger partial charge in [-0.05, 0) is 18.6 Å². The van der Waals surface area contributed by atoms with E-state index in [1.54, 1.807) is 17.0 Å². The highest BCUT2D eigenvalue weighted by atomic mass is 35.5. The molecular formula is C17H16ClN5O2. The van der Waals surface area contributed by atoms with Gasteiger partial charge in [0.1, 0.15) is 5.69 Å². The van der Waals surface area contributed by atoms with Gasteiger partial charge >= 0.3 is 0 Å². The maximum absolute atomic E-state index is 12.6. The second-order valence-corrected chi connectivity index (χ2v) is 5.71. The van der Waals surface area contributed by atoms with Crippen LogP contribution in [0.2, 0.25) is 5.02 Å². The van der Waals surface area contributed by atoms with E-state index in [2.05, 4.69) is 20.2 Å². The zero-order valence-electron chi connectivity index (χ0n) is 13.6. The summed E-state index contributed by atoms with van der Waals surface area (Å²) in [6.07, 6.45) is 5.24. The van der Waals surface area contributed by atoms with Gasteiger partial charge in [0.25, 0.3) is 5.91 Å².